The molecule has 1 aromatic rings. The van der Waals surface area contributed by atoms with Crippen LogP contribution in [0.3, 0.4) is 0 Å². The topological polar surface area (TPSA) is 72.8 Å². The minimum Gasteiger partial charge on any atom is -0.419 e. The molecule has 0 aromatic heterocycles. The molecule has 0 aliphatic rings. The zero-order valence-corrected chi connectivity index (χ0v) is 15.1. The van der Waals surface area contributed by atoms with Crippen molar-refractivity contribution in [1.82, 2.24) is 0 Å². The van der Waals surface area contributed by atoms with E-state index in [0.29, 0.717) is 12.8 Å². The van der Waals surface area contributed by atoms with Crippen molar-refractivity contribution in [1.29, 1.82) is 0 Å². The van der Waals surface area contributed by atoms with Crippen molar-refractivity contribution in [2.45, 2.75) is 45.3 Å². The Morgan fingerprint density at radius 3 is 1.96 bits per heavy atom. The minimum atomic E-state index is -1.55. The van der Waals surface area contributed by atoms with Crippen LogP contribution in [-0.4, -0.2) is 29.4 Å². The minimum absolute atomic E-state index is 0.0255. The van der Waals surface area contributed by atoms with Crippen molar-refractivity contribution in [3.63, 3.8) is 0 Å². The van der Waals surface area contributed by atoms with Gasteiger partial charge < -0.3 is 14.6 Å². The first-order chi connectivity index (χ1) is 11.7. The van der Waals surface area contributed by atoms with Crippen LogP contribution in [0.5, 0.6) is 0 Å². The summed E-state index contributed by atoms with van der Waals surface area (Å²) in [6.07, 6.45) is 0.925. The summed E-state index contributed by atoms with van der Waals surface area (Å²) in [5.41, 5.74) is 1.24. The summed E-state index contributed by atoms with van der Waals surface area (Å²) in [5, 5.41) is 9.22. The van der Waals surface area contributed by atoms with E-state index >= 15 is 0 Å². The second-order valence-electron chi connectivity index (χ2n) is 6.18. The van der Waals surface area contributed by atoms with Crippen LogP contribution in [0.15, 0.2) is 54.6 Å². The first-order valence-corrected chi connectivity index (χ1v) is 8.14. The summed E-state index contributed by atoms with van der Waals surface area (Å²) in [6.45, 7) is 11.7. The van der Waals surface area contributed by atoms with Gasteiger partial charge in [-0.15, -0.1) is 0 Å². The van der Waals surface area contributed by atoms with E-state index in [-0.39, 0.29) is 17.8 Å². The van der Waals surface area contributed by atoms with Gasteiger partial charge in [0.25, 0.3) is 5.79 Å². The van der Waals surface area contributed by atoms with E-state index in [4.69, 9.17) is 9.47 Å². The molecule has 0 fully saturated rings. The van der Waals surface area contributed by atoms with Gasteiger partial charge in [-0.05, 0) is 32.3 Å². The Labute approximate surface area is 149 Å². The largest absolute Gasteiger partial charge is 0.419 e. The molecule has 5 heteroatoms. The zero-order chi connectivity index (χ0) is 19.0. The fourth-order valence-corrected chi connectivity index (χ4v) is 2.42. The van der Waals surface area contributed by atoms with Crippen LogP contribution in [0, 0.1) is 0 Å². The van der Waals surface area contributed by atoms with Gasteiger partial charge in [0.2, 0.25) is 0 Å². The summed E-state index contributed by atoms with van der Waals surface area (Å²) in [7, 11) is 0. The lowest BCUT2D eigenvalue weighted by atomic mass is 9.87. The van der Waals surface area contributed by atoms with Crippen LogP contribution in [0.4, 0.5) is 0 Å². The van der Waals surface area contributed by atoms with E-state index in [1.54, 1.807) is 6.92 Å². The van der Waals surface area contributed by atoms with Crippen molar-refractivity contribution < 1.29 is 24.2 Å². The van der Waals surface area contributed by atoms with Gasteiger partial charge in [0, 0.05) is 24.7 Å². The lowest BCUT2D eigenvalue weighted by Crippen LogP contribution is -2.43. The van der Waals surface area contributed by atoms with Gasteiger partial charge in [0.15, 0.2) is 0 Å². The molecular weight excluding hydrogens is 320 g/mol. The number of hydrogen-bond donors (Lipinski definition) is 1. The molecule has 0 aliphatic carbocycles. The number of carbonyl (C=O) groups excluding carboxylic acids is 2. The smallest absolute Gasteiger partial charge is 0.336 e. The van der Waals surface area contributed by atoms with E-state index in [9.17, 15) is 14.7 Å². The number of rotatable bonds is 9. The van der Waals surface area contributed by atoms with Gasteiger partial charge in [0.05, 0.1) is 5.92 Å². The van der Waals surface area contributed by atoms with Crippen LogP contribution in [0.1, 0.15) is 45.1 Å². The Morgan fingerprint density at radius 1 is 1.08 bits per heavy atom. The second kappa shape index (κ2) is 9.18. The first kappa shape index (κ1) is 20.6. The molecule has 1 rings (SSSR count). The predicted octanol–water partition coefficient (Wildman–Crippen LogP) is 3.50. The maximum Gasteiger partial charge on any atom is 0.336 e. The van der Waals surface area contributed by atoms with Crippen molar-refractivity contribution in [2.75, 3.05) is 6.61 Å². The molecule has 0 spiro atoms. The molecule has 0 radical (unpaired) electrons. The fraction of sp³-hybridized carbons (Fsp3) is 0.400. The molecule has 1 aromatic carbocycles. The molecule has 0 bridgehead atoms. The molecule has 1 N–H and O–H groups in total. The normalized spacial score (nSPS) is 12.2. The lowest BCUT2D eigenvalue weighted by Gasteiger charge is -2.36. The molecule has 0 aliphatic heterocycles. The van der Waals surface area contributed by atoms with Crippen molar-refractivity contribution in [3.05, 3.63) is 60.2 Å². The highest BCUT2D eigenvalue weighted by Gasteiger charge is 2.42. The Bertz CT molecular complexity index is 605. The van der Waals surface area contributed by atoms with Gasteiger partial charge in [0.1, 0.15) is 0 Å². The molecule has 25 heavy (non-hydrogen) atoms. The van der Waals surface area contributed by atoms with Gasteiger partial charge in [-0.25, -0.2) is 9.59 Å². The molecule has 5 nitrogen and oxygen atoms in total. The molecule has 0 heterocycles. The fourth-order valence-electron chi connectivity index (χ4n) is 2.42. The molecule has 136 valence electrons. The quantitative estimate of drug-likeness (QED) is 0.421. The predicted molar refractivity (Wildman–Crippen MR) is 95.7 cm³/mol. The standard InChI is InChI=1S/C20H26O5/c1-14(2)18(22)24-20(5,25-19(23)15(3)4)17(12-9-13-21)16-10-7-6-8-11-16/h6-8,10-11,17,21H,1,3,9,12-13H2,2,4-5H3. The van der Waals surface area contributed by atoms with E-state index < -0.39 is 23.6 Å². The van der Waals surface area contributed by atoms with E-state index in [0.717, 1.165) is 5.56 Å². The van der Waals surface area contributed by atoms with Gasteiger partial charge in [-0.2, -0.15) is 0 Å². The Morgan fingerprint density at radius 2 is 1.56 bits per heavy atom. The Kier molecular flexibility index (Phi) is 7.58. The maximum atomic E-state index is 12.1. The van der Waals surface area contributed by atoms with Gasteiger partial charge in [-0.1, -0.05) is 43.5 Å². The lowest BCUT2D eigenvalue weighted by molar-refractivity contribution is -0.226. The van der Waals surface area contributed by atoms with Crippen LogP contribution < -0.4 is 0 Å². The van der Waals surface area contributed by atoms with Crippen LogP contribution in [0.2, 0.25) is 0 Å². The molecule has 0 amide bonds. The first-order valence-electron chi connectivity index (χ1n) is 8.14. The summed E-state index contributed by atoms with van der Waals surface area (Å²) in [6, 6.07) is 9.29. The average Bonchev–Trinajstić information content (AvgIpc) is 2.55. The Hall–Kier alpha value is -2.40. The molecule has 0 saturated carbocycles. The molecule has 1 atom stereocenters. The van der Waals surface area contributed by atoms with Crippen molar-refractivity contribution in [3.8, 4) is 0 Å². The molecule has 1 unspecified atom stereocenters. The van der Waals surface area contributed by atoms with Crippen LogP contribution >= 0.6 is 0 Å². The highest BCUT2D eigenvalue weighted by Crippen LogP contribution is 2.37. The number of esters is 2. The number of hydrogen-bond acceptors (Lipinski definition) is 5. The number of carbonyl (C=O) groups is 2. The third-order valence-corrected chi connectivity index (χ3v) is 3.77. The van der Waals surface area contributed by atoms with E-state index in [1.807, 2.05) is 30.3 Å². The van der Waals surface area contributed by atoms with Crippen LogP contribution in [-0.2, 0) is 19.1 Å². The van der Waals surface area contributed by atoms with E-state index in [2.05, 4.69) is 13.2 Å². The van der Waals surface area contributed by atoms with E-state index in [1.165, 1.54) is 13.8 Å². The van der Waals surface area contributed by atoms with Crippen molar-refractivity contribution in [2.24, 2.45) is 0 Å². The number of aliphatic hydroxyl groups excluding tert-OH is 1. The second-order valence-corrected chi connectivity index (χ2v) is 6.18. The number of ether oxygens (including phenoxy) is 2. The maximum absolute atomic E-state index is 12.1. The third kappa shape index (κ3) is 5.87. The average molecular weight is 346 g/mol. The summed E-state index contributed by atoms with van der Waals surface area (Å²) >= 11 is 0. The molecular formula is C20H26O5. The summed E-state index contributed by atoms with van der Waals surface area (Å²) in [5.74, 6) is -3.31. The Balaban J connectivity index is 3.30. The summed E-state index contributed by atoms with van der Waals surface area (Å²) < 4.78 is 11.1. The molecule has 0 saturated heterocycles. The highest BCUT2D eigenvalue weighted by molar-refractivity contribution is 5.89. The highest BCUT2D eigenvalue weighted by atomic mass is 16.7. The zero-order valence-electron chi connectivity index (χ0n) is 15.1. The third-order valence-electron chi connectivity index (χ3n) is 3.77. The number of aliphatic hydroxyl groups is 1. The monoisotopic (exact) mass is 346 g/mol. The van der Waals surface area contributed by atoms with Crippen LogP contribution in [0.25, 0.3) is 0 Å². The van der Waals surface area contributed by atoms with Crippen molar-refractivity contribution >= 4 is 11.9 Å². The summed E-state index contributed by atoms with van der Waals surface area (Å²) in [4.78, 5) is 24.3. The number of benzene rings is 1. The van der Waals surface area contributed by atoms with Gasteiger partial charge in [-0.3, -0.25) is 0 Å². The SMILES string of the molecule is C=C(C)C(=O)OC(C)(OC(=O)C(=C)C)C(CCCO)c1ccccc1. The van der Waals surface area contributed by atoms with Gasteiger partial charge >= 0.3 is 11.9 Å².